The van der Waals surface area contributed by atoms with E-state index in [4.69, 9.17) is 35.4 Å². The van der Waals surface area contributed by atoms with E-state index in [-0.39, 0.29) is 0 Å². The molecule has 0 radical (unpaired) electrons. The third kappa shape index (κ3) is 4.10. The van der Waals surface area contributed by atoms with Crippen LogP contribution in [0.3, 0.4) is 0 Å². The van der Waals surface area contributed by atoms with Gasteiger partial charge in [0.05, 0.1) is 0 Å². The maximum atomic E-state index is 6.09. The molecule has 2 rings (SSSR count). The maximum absolute atomic E-state index is 6.09. The molecule has 0 atom stereocenters. The summed E-state index contributed by atoms with van der Waals surface area (Å²) in [5, 5.41) is 7.97. The van der Waals surface area contributed by atoms with Gasteiger partial charge in [-0.15, -0.1) is 0 Å². The zero-order valence-electron chi connectivity index (χ0n) is 10.9. The molecule has 0 spiro atoms. The first-order valence-electron chi connectivity index (χ1n) is 6.10. The van der Waals surface area contributed by atoms with Gasteiger partial charge in [0.2, 0.25) is 0 Å². The molecule has 2 N–H and O–H groups in total. The van der Waals surface area contributed by atoms with Crippen LogP contribution in [0.1, 0.15) is 11.1 Å². The first-order valence-corrected chi connectivity index (χ1v) is 7.27. The van der Waals surface area contributed by atoms with E-state index in [1.165, 1.54) is 0 Å². The minimum absolute atomic E-state index is 0.532. The second-order valence-electron chi connectivity index (χ2n) is 4.36. The van der Waals surface area contributed by atoms with Gasteiger partial charge in [0.25, 0.3) is 0 Å². The second-order valence-corrected chi connectivity index (χ2v) is 5.58. The Morgan fingerprint density at radius 2 is 1.70 bits per heavy atom. The minimum atomic E-state index is 0.532. The van der Waals surface area contributed by atoms with E-state index in [1.54, 1.807) is 12.1 Å². The predicted octanol–water partition coefficient (Wildman–Crippen LogP) is 4.79. The molecule has 0 bridgehead atoms. The summed E-state index contributed by atoms with van der Waals surface area (Å²) in [5.74, 6) is 0. The highest BCUT2D eigenvalue weighted by Gasteiger charge is 2.05. The Kier molecular flexibility index (Phi) is 5.24. The van der Waals surface area contributed by atoms with E-state index in [1.807, 2.05) is 37.3 Å². The third-order valence-electron chi connectivity index (χ3n) is 2.83. The fourth-order valence-corrected chi connectivity index (χ4v) is 2.35. The van der Waals surface area contributed by atoms with Crippen LogP contribution < -0.4 is 10.6 Å². The van der Waals surface area contributed by atoms with Crippen LogP contribution in [-0.2, 0) is 6.54 Å². The largest absolute Gasteiger partial charge is 0.358 e. The first-order chi connectivity index (χ1) is 9.56. The Hall–Kier alpha value is -1.29. The summed E-state index contributed by atoms with van der Waals surface area (Å²) in [5.41, 5.74) is 2.80. The van der Waals surface area contributed by atoms with Gasteiger partial charge in [-0.3, -0.25) is 0 Å². The Balaban J connectivity index is 1.95. The second kappa shape index (κ2) is 6.93. The van der Waals surface area contributed by atoms with E-state index >= 15 is 0 Å². The highest BCUT2D eigenvalue weighted by atomic mass is 35.5. The van der Waals surface area contributed by atoms with Crippen molar-refractivity contribution in [2.24, 2.45) is 0 Å². The molecule has 0 aliphatic rings. The van der Waals surface area contributed by atoms with Gasteiger partial charge in [-0.25, -0.2) is 0 Å². The van der Waals surface area contributed by atoms with Crippen molar-refractivity contribution < 1.29 is 0 Å². The van der Waals surface area contributed by atoms with Gasteiger partial charge in [-0.2, -0.15) is 0 Å². The Labute approximate surface area is 134 Å². The average Bonchev–Trinajstić information content (AvgIpc) is 2.43. The van der Waals surface area contributed by atoms with Gasteiger partial charge in [0.1, 0.15) is 0 Å². The minimum Gasteiger partial charge on any atom is -0.358 e. The van der Waals surface area contributed by atoms with Gasteiger partial charge < -0.3 is 10.6 Å². The van der Waals surface area contributed by atoms with Crippen LogP contribution in [0.15, 0.2) is 42.5 Å². The summed E-state index contributed by atoms with van der Waals surface area (Å²) in [4.78, 5) is 0. The zero-order chi connectivity index (χ0) is 14.5. The SMILES string of the molecule is Cc1c(Cl)cc(NC(=S)NCc2ccccc2)cc1Cl. The molecule has 0 saturated heterocycles. The summed E-state index contributed by atoms with van der Waals surface area (Å²) < 4.78 is 0. The first kappa shape index (κ1) is 15.1. The van der Waals surface area contributed by atoms with Crippen LogP contribution in [-0.4, -0.2) is 5.11 Å². The molecular formula is C15H14Cl2N2S. The normalized spacial score (nSPS) is 10.2. The number of anilines is 1. The lowest BCUT2D eigenvalue weighted by Gasteiger charge is -2.12. The van der Waals surface area contributed by atoms with Gasteiger partial charge >= 0.3 is 0 Å². The summed E-state index contributed by atoms with van der Waals surface area (Å²) in [6.45, 7) is 2.54. The van der Waals surface area contributed by atoms with Crippen molar-refractivity contribution in [2.45, 2.75) is 13.5 Å². The number of benzene rings is 2. The summed E-state index contributed by atoms with van der Waals surface area (Å²) in [6.07, 6.45) is 0. The molecule has 0 unspecified atom stereocenters. The van der Waals surface area contributed by atoms with Gasteiger partial charge in [0, 0.05) is 22.3 Å². The number of hydrogen-bond acceptors (Lipinski definition) is 1. The van der Waals surface area contributed by atoms with E-state index in [0.717, 1.165) is 16.8 Å². The number of rotatable bonds is 3. The van der Waals surface area contributed by atoms with Crippen LogP contribution in [0.5, 0.6) is 0 Å². The molecule has 2 aromatic rings. The van der Waals surface area contributed by atoms with E-state index in [0.29, 0.717) is 21.7 Å². The van der Waals surface area contributed by atoms with E-state index < -0.39 is 0 Å². The lowest BCUT2D eigenvalue weighted by Crippen LogP contribution is -2.27. The van der Waals surface area contributed by atoms with Gasteiger partial charge in [0.15, 0.2) is 5.11 Å². The van der Waals surface area contributed by atoms with Crippen molar-refractivity contribution in [3.63, 3.8) is 0 Å². The molecule has 0 fully saturated rings. The zero-order valence-corrected chi connectivity index (χ0v) is 13.2. The van der Waals surface area contributed by atoms with E-state index in [2.05, 4.69) is 10.6 Å². The fourth-order valence-electron chi connectivity index (χ4n) is 1.67. The van der Waals surface area contributed by atoms with Crippen molar-refractivity contribution >= 4 is 46.2 Å². The van der Waals surface area contributed by atoms with Crippen molar-refractivity contribution in [3.8, 4) is 0 Å². The van der Waals surface area contributed by atoms with Crippen LogP contribution in [0.4, 0.5) is 5.69 Å². The quantitative estimate of drug-likeness (QED) is 0.794. The molecular weight excluding hydrogens is 311 g/mol. The molecule has 20 heavy (non-hydrogen) atoms. The molecule has 5 heteroatoms. The highest BCUT2D eigenvalue weighted by Crippen LogP contribution is 2.27. The fraction of sp³-hybridized carbons (Fsp3) is 0.133. The monoisotopic (exact) mass is 324 g/mol. The smallest absolute Gasteiger partial charge is 0.171 e. The molecule has 0 amide bonds. The summed E-state index contributed by atoms with van der Waals surface area (Å²) in [7, 11) is 0. The standard InChI is InChI=1S/C15H14Cl2N2S/c1-10-13(16)7-12(8-14(10)17)19-15(20)18-9-11-5-3-2-4-6-11/h2-8H,9H2,1H3,(H2,18,19,20). The maximum Gasteiger partial charge on any atom is 0.171 e. The molecule has 0 saturated carbocycles. The molecule has 0 aromatic heterocycles. The van der Waals surface area contributed by atoms with Crippen molar-refractivity contribution in [1.29, 1.82) is 0 Å². The number of halogens is 2. The van der Waals surface area contributed by atoms with Crippen LogP contribution in [0.25, 0.3) is 0 Å². The Morgan fingerprint density at radius 1 is 1.10 bits per heavy atom. The molecule has 104 valence electrons. The van der Waals surface area contributed by atoms with Crippen molar-refractivity contribution in [2.75, 3.05) is 5.32 Å². The Bertz CT molecular complexity index is 592. The molecule has 2 nitrogen and oxygen atoms in total. The lowest BCUT2D eigenvalue weighted by atomic mass is 10.2. The summed E-state index contributed by atoms with van der Waals surface area (Å²) in [6, 6.07) is 13.7. The average molecular weight is 325 g/mol. The number of hydrogen-bond donors (Lipinski definition) is 2. The molecule has 0 heterocycles. The van der Waals surface area contributed by atoms with Crippen LogP contribution >= 0.6 is 35.4 Å². The van der Waals surface area contributed by atoms with Crippen LogP contribution in [0, 0.1) is 6.92 Å². The van der Waals surface area contributed by atoms with Gasteiger partial charge in [-0.05, 0) is 42.4 Å². The van der Waals surface area contributed by atoms with Crippen molar-refractivity contribution in [3.05, 3.63) is 63.6 Å². The Morgan fingerprint density at radius 3 is 2.30 bits per heavy atom. The van der Waals surface area contributed by atoms with E-state index in [9.17, 15) is 0 Å². The molecule has 2 aromatic carbocycles. The topological polar surface area (TPSA) is 24.1 Å². The van der Waals surface area contributed by atoms with Crippen molar-refractivity contribution in [1.82, 2.24) is 5.32 Å². The van der Waals surface area contributed by atoms with Gasteiger partial charge in [-0.1, -0.05) is 53.5 Å². The molecule has 0 aliphatic carbocycles. The highest BCUT2D eigenvalue weighted by molar-refractivity contribution is 7.80. The lowest BCUT2D eigenvalue weighted by molar-refractivity contribution is 0.926. The number of nitrogens with one attached hydrogen (secondary N) is 2. The third-order valence-corrected chi connectivity index (χ3v) is 3.87. The summed E-state index contributed by atoms with van der Waals surface area (Å²) >= 11 is 17.4. The predicted molar refractivity (Wildman–Crippen MR) is 90.7 cm³/mol. The molecule has 0 aliphatic heterocycles. The van der Waals surface area contributed by atoms with Crippen LogP contribution in [0.2, 0.25) is 10.0 Å². The number of thiocarbonyl (C=S) groups is 1.